The highest BCUT2D eigenvalue weighted by Gasteiger charge is 2.20. The second kappa shape index (κ2) is 8.65. The van der Waals surface area contributed by atoms with Crippen molar-refractivity contribution in [2.75, 3.05) is 5.32 Å². The van der Waals surface area contributed by atoms with Crippen molar-refractivity contribution in [3.8, 4) is 0 Å². The maximum Gasteiger partial charge on any atom is 0.246 e. The summed E-state index contributed by atoms with van der Waals surface area (Å²) in [4.78, 5) is 13.1. The van der Waals surface area contributed by atoms with Gasteiger partial charge in [-0.2, -0.15) is 0 Å². The molecule has 1 atom stereocenters. The van der Waals surface area contributed by atoms with E-state index in [1.807, 2.05) is 56.3 Å². The Bertz CT molecular complexity index is 901. The summed E-state index contributed by atoms with van der Waals surface area (Å²) >= 11 is 0. The molecule has 3 aromatic carbocycles. The second-order valence-electron chi connectivity index (χ2n) is 7.02. The molecule has 0 saturated carbocycles. The van der Waals surface area contributed by atoms with Crippen molar-refractivity contribution in [2.45, 2.75) is 33.4 Å². The van der Waals surface area contributed by atoms with Crippen LogP contribution in [0.4, 0.5) is 5.69 Å². The van der Waals surface area contributed by atoms with E-state index in [0.29, 0.717) is 6.54 Å². The summed E-state index contributed by atoms with van der Waals surface area (Å²) in [6, 6.07) is 23.9. The molecule has 0 aliphatic heterocycles. The van der Waals surface area contributed by atoms with Gasteiger partial charge >= 0.3 is 0 Å². The molecule has 1 amide bonds. The van der Waals surface area contributed by atoms with Crippen LogP contribution in [0.15, 0.2) is 72.8 Å². The lowest BCUT2D eigenvalue weighted by molar-refractivity contribution is -0.118. The van der Waals surface area contributed by atoms with Crippen LogP contribution in [0.2, 0.25) is 0 Å². The van der Waals surface area contributed by atoms with E-state index in [-0.39, 0.29) is 5.91 Å². The fourth-order valence-electron chi connectivity index (χ4n) is 3.01. The largest absolute Gasteiger partial charge is 0.324 e. The highest BCUT2D eigenvalue weighted by Crippen LogP contribution is 2.20. The van der Waals surface area contributed by atoms with Gasteiger partial charge in [0, 0.05) is 12.2 Å². The van der Waals surface area contributed by atoms with Crippen molar-refractivity contribution < 1.29 is 4.79 Å². The number of hydrogen-bond acceptors (Lipinski definition) is 2. The van der Waals surface area contributed by atoms with E-state index in [2.05, 4.69) is 47.9 Å². The Morgan fingerprint density at radius 3 is 2.22 bits per heavy atom. The Hall–Kier alpha value is -2.91. The summed E-state index contributed by atoms with van der Waals surface area (Å²) in [5, 5.41) is 6.51. The van der Waals surface area contributed by atoms with E-state index in [0.717, 1.165) is 27.9 Å². The molecule has 0 bridgehead atoms. The molecule has 3 nitrogen and oxygen atoms in total. The van der Waals surface area contributed by atoms with E-state index < -0.39 is 6.04 Å². The Kier molecular flexibility index (Phi) is 6.05. The number of rotatable bonds is 6. The number of hydrogen-bond donors (Lipinski definition) is 2. The summed E-state index contributed by atoms with van der Waals surface area (Å²) in [5.74, 6) is -0.0537. The van der Waals surface area contributed by atoms with Gasteiger partial charge < -0.3 is 5.32 Å². The van der Waals surface area contributed by atoms with Gasteiger partial charge in [-0.25, -0.2) is 0 Å². The highest BCUT2D eigenvalue weighted by molar-refractivity contribution is 5.96. The monoisotopic (exact) mass is 358 g/mol. The summed E-state index contributed by atoms with van der Waals surface area (Å²) < 4.78 is 0. The summed E-state index contributed by atoms with van der Waals surface area (Å²) in [5.41, 5.74) is 6.37. The topological polar surface area (TPSA) is 41.1 Å². The first kappa shape index (κ1) is 18.9. The lowest BCUT2D eigenvalue weighted by atomic mass is 10.0. The van der Waals surface area contributed by atoms with Crippen LogP contribution in [0.1, 0.15) is 33.9 Å². The molecule has 2 N–H and O–H groups in total. The average Bonchev–Trinajstić information content (AvgIpc) is 2.67. The Labute approximate surface area is 161 Å². The molecular formula is C24H26N2O. The highest BCUT2D eigenvalue weighted by atomic mass is 16.2. The van der Waals surface area contributed by atoms with Crippen LogP contribution in [-0.4, -0.2) is 5.91 Å². The van der Waals surface area contributed by atoms with Gasteiger partial charge in [0.2, 0.25) is 5.91 Å². The molecule has 0 radical (unpaired) electrons. The lowest BCUT2D eigenvalue weighted by Gasteiger charge is -2.20. The summed E-state index contributed by atoms with van der Waals surface area (Å²) in [6.07, 6.45) is 0. The molecule has 0 fully saturated rings. The fourth-order valence-corrected chi connectivity index (χ4v) is 3.01. The van der Waals surface area contributed by atoms with Crippen LogP contribution in [0.5, 0.6) is 0 Å². The Balaban J connectivity index is 1.80. The predicted molar refractivity (Wildman–Crippen MR) is 112 cm³/mol. The van der Waals surface area contributed by atoms with Gasteiger partial charge in [-0.05, 0) is 49.1 Å². The lowest BCUT2D eigenvalue weighted by Crippen LogP contribution is -2.33. The molecule has 0 aromatic heterocycles. The Morgan fingerprint density at radius 2 is 1.52 bits per heavy atom. The minimum atomic E-state index is -0.424. The van der Waals surface area contributed by atoms with Gasteiger partial charge in [0.05, 0.1) is 0 Å². The van der Waals surface area contributed by atoms with Crippen molar-refractivity contribution in [1.82, 2.24) is 5.32 Å². The van der Waals surface area contributed by atoms with Crippen molar-refractivity contribution in [3.05, 3.63) is 101 Å². The minimum absolute atomic E-state index is 0.0537. The number of carbonyl (C=O) groups excluding carboxylic acids is 1. The SMILES string of the molecule is Cc1ccc(CN[C@H](C(=O)Nc2cc(C)ccc2C)c2ccccc2)cc1. The van der Waals surface area contributed by atoms with E-state index >= 15 is 0 Å². The molecular weight excluding hydrogens is 332 g/mol. The van der Waals surface area contributed by atoms with Gasteiger partial charge in [0.25, 0.3) is 0 Å². The first-order chi connectivity index (χ1) is 13.0. The van der Waals surface area contributed by atoms with Gasteiger partial charge in [-0.1, -0.05) is 72.3 Å². The first-order valence-electron chi connectivity index (χ1n) is 9.25. The smallest absolute Gasteiger partial charge is 0.246 e. The average molecular weight is 358 g/mol. The molecule has 0 aliphatic carbocycles. The van der Waals surface area contributed by atoms with Crippen molar-refractivity contribution >= 4 is 11.6 Å². The van der Waals surface area contributed by atoms with Crippen molar-refractivity contribution in [2.24, 2.45) is 0 Å². The zero-order valence-corrected chi connectivity index (χ0v) is 16.1. The fraction of sp³-hybridized carbons (Fsp3) is 0.208. The molecule has 0 unspecified atom stereocenters. The van der Waals surface area contributed by atoms with E-state index in [9.17, 15) is 4.79 Å². The van der Waals surface area contributed by atoms with Gasteiger partial charge in [0.15, 0.2) is 0 Å². The third-order valence-electron chi connectivity index (χ3n) is 4.68. The van der Waals surface area contributed by atoms with Crippen LogP contribution in [0, 0.1) is 20.8 Å². The predicted octanol–water partition coefficient (Wildman–Crippen LogP) is 5.08. The summed E-state index contributed by atoms with van der Waals surface area (Å²) in [7, 11) is 0. The number of nitrogens with one attached hydrogen (secondary N) is 2. The van der Waals surface area contributed by atoms with Crippen LogP contribution in [0.3, 0.4) is 0 Å². The van der Waals surface area contributed by atoms with E-state index in [1.54, 1.807) is 0 Å². The van der Waals surface area contributed by atoms with Crippen LogP contribution in [0.25, 0.3) is 0 Å². The third kappa shape index (κ3) is 5.05. The normalized spacial score (nSPS) is 11.8. The molecule has 3 rings (SSSR count). The molecule has 27 heavy (non-hydrogen) atoms. The molecule has 0 saturated heterocycles. The van der Waals surface area contributed by atoms with E-state index in [4.69, 9.17) is 0 Å². The number of benzene rings is 3. The van der Waals surface area contributed by atoms with Gasteiger partial charge in [0.1, 0.15) is 6.04 Å². The second-order valence-corrected chi connectivity index (χ2v) is 7.02. The molecule has 0 heterocycles. The zero-order chi connectivity index (χ0) is 19.2. The van der Waals surface area contributed by atoms with Crippen LogP contribution < -0.4 is 10.6 Å². The third-order valence-corrected chi connectivity index (χ3v) is 4.68. The number of aryl methyl sites for hydroxylation is 3. The standard InChI is InChI=1S/C24H26N2O/c1-17-10-13-20(14-11-17)16-25-23(21-7-5-4-6-8-21)24(27)26-22-15-18(2)9-12-19(22)3/h4-15,23,25H,16H2,1-3H3,(H,26,27)/t23-/m0/s1. The molecule has 3 heteroatoms. The molecule has 0 aliphatic rings. The van der Waals surface area contributed by atoms with Crippen molar-refractivity contribution in [3.63, 3.8) is 0 Å². The summed E-state index contributed by atoms with van der Waals surface area (Å²) in [6.45, 7) is 6.73. The number of carbonyl (C=O) groups is 1. The van der Waals surface area contributed by atoms with Crippen LogP contribution >= 0.6 is 0 Å². The van der Waals surface area contributed by atoms with Gasteiger partial charge in [-0.3, -0.25) is 10.1 Å². The van der Waals surface area contributed by atoms with Crippen molar-refractivity contribution in [1.29, 1.82) is 0 Å². The minimum Gasteiger partial charge on any atom is -0.324 e. The van der Waals surface area contributed by atoms with Gasteiger partial charge in [-0.15, -0.1) is 0 Å². The number of amides is 1. The zero-order valence-electron chi connectivity index (χ0n) is 16.1. The van der Waals surface area contributed by atoms with E-state index in [1.165, 1.54) is 5.56 Å². The Morgan fingerprint density at radius 1 is 0.852 bits per heavy atom. The number of anilines is 1. The maximum atomic E-state index is 13.1. The van der Waals surface area contributed by atoms with Crippen LogP contribution in [-0.2, 0) is 11.3 Å². The molecule has 138 valence electrons. The maximum absolute atomic E-state index is 13.1. The molecule has 0 spiro atoms. The first-order valence-corrected chi connectivity index (χ1v) is 9.25. The molecule has 3 aromatic rings. The quantitative estimate of drug-likeness (QED) is 0.645.